The number of methoxy groups -OCH3 is 1. The molecule has 0 aliphatic heterocycles. The molecule has 0 heterocycles. The van der Waals surface area contributed by atoms with Crippen molar-refractivity contribution < 1.29 is 23.9 Å². The van der Waals surface area contributed by atoms with Crippen molar-refractivity contribution in [3.63, 3.8) is 0 Å². The van der Waals surface area contributed by atoms with Gasteiger partial charge in [-0.3, -0.25) is 14.4 Å². The maximum absolute atomic E-state index is 12.1. The van der Waals surface area contributed by atoms with E-state index in [0.29, 0.717) is 16.5 Å². The normalized spacial score (nSPS) is 10.0. The van der Waals surface area contributed by atoms with Gasteiger partial charge < -0.3 is 20.1 Å². The summed E-state index contributed by atoms with van der Waals surface area (Å²) in [7, 11) is 1.44. The Hall–Kier alpha value is -2.77. The SMILES string of the molecule is COc1ccccc1C(=O)NCC(=O)OCC(=O)Nc1ccc(Cl)c(Cl)c1. The molecule has 0 spiro atoms. The van der Waals surface area contributed by atoms with Gasteiger partial charge in [-0.15, -0.1) is 0 Å². The van der Waals surface area contributed by atoms with Gasteiger partial charge in [-0.2, -0.15) is 0 Å². The molecule has 0 aliphatic carbocycles. The Morgan fingerprint density at radius 3 is 2.48 bits per heavy atom. The van der Waals surface area contributed by atoms with Gasteiger partial charge in [-0.1, -0.05) is 35.3 Å². The molecule has 7 nitrogen and oxygen atoms in total. The first kappa shape index (κ1) is 20.5. The van der Waals surface area contributed by atoms with E-state index < -0.39 is 30.9 Å². The van der Waals surface area contributed by atoms with Crippen LogP contribution in [-0.4, -0.2) is 38.0 Å². The van der Waals surface area contributed by atoms with E-state index in [9.17, 15) is 14.4 Å². The minimum absolute atomic E-state index is 0.283. The molecule has 27 heavy (non-hydrogen) atoms. The van der Waals surface area contributed by atoms with E-state index in [0.717, 1.165) is 0 Å². The van der Waals surface area contributed by atoms with E-state index in [1.165, 1.54) is 19.2 Å². The highest BCUT2D eigenvalue weighted by atomic mass is 35.5. The summed E-state index contributed by atoms with van der Waals surface area (Å²) in [6.07, 6.45) is 0. The van der Waals surface area contributed by atoms with Crippen LogP contribution in [0.15, 0.2) is 42.5 Å². The quantitative estimate of drug-likeness (QED) is 0.684. The van der Waals surface area contributed by atoms with E-state index in [4.69, 9.17) is 32.7 Å². The van der Waals surface area contributed by atoms with Gasteiger partial charge in [0.1, 0.15) is 12.3 Å². The minimum atomic E-state index is -0.762. The lowest BCUT2D eigenvalue weighted by atomic mass is 10.2. The number of amides is 2. The monoisotopic (exact) mass is 410 g/mol. The van der Waals surface area contributed by atoms with Crippen molar-refractivity contribution in [2.75, 3.05) is 25.6 Å². The molecular formula is C18H16Cl2N2O5. The number of hydrogen-bond donors (Lipinski definition) is 2. The highest BCUT2D eigenvalue weighted by Gasteiger charge is 2.14. The van der Waals surface area contributed by atoms with Gasteiger partial charge in [0.15, 0.2) is 6.61 Å². The van der Waals surface area contributed by atoms with Gasteiger partial charge in [-0.25, -0.2) is 0 Å². The van der Waals surface area contributed by atoms with Crippen molar-refractivity contribution in [3.05, 3.63) is 58.1 Å². The summed E-state index contributed by atoms with van der Waals surface area (Å²) in [4.78, 5) is 35.6. The Kier molecular flexibility index (Phi) is 7.45. The number of hydrogen-bond acceptors (Lipinski definition) is 5. The second-order valence-corrected chi connectivity index (χ2v) is 6.04. The van der Waals surface area contributed by atoms with E-state index in [1.807, 2.05) is 0 Å². The Balaban J connectivity index is 1.77. The summed E-state index contributed by atoms with van der Waals surface area (Å²) >= 11 is 11.6. The predicted molar refractivity (Wildman–Crippen MR) is 101 cm³/mol. The molecular weight excluding hydrogens is 395 g/mol. The van der Waals surface area contributed by atoms with Crippen molar-refractivity contribution in [2.24, 2.45) is 0 Å². The smallest absolute Gasteiger partial charge is 0.325 e. The highest BCUT2D eigenvalue weighted by molar-refractivity contribution is 6.42. The number of carbonyl (C=O) groups excluding carboxylic acids is 3. The molecule has 2 aromatic carbocycles. The molecule has 2 aromatic rings. The zero-order chi connectivity index (χ0) is 19.8. The van der Waals surface area contributed by atoms with E-state index in [1.54, 1.807) is 30.3 Å². The first-order chi connectivity index (χ1) is 12.9. The van der Waals surface area contributed by atoms with Crippen molar-refractivity contribution in [1.29, 1.82) is 0 Å². The van der Waals surface area contributed by atoms with Crippen LogP contribution in [0.3, 0.4) is 0 Å². The first-order valence-electron chi connectivity index (χ1n) is 7.72. The number of carbonyl (C=O) groups is 3. The van der Waals surface area contributed by atoms with Gasteiger partial charge in [0, 0.05) is 5.69 Å². The lowest BCUT2D eigenvalue weighted by Gasteiger charge is -2.09. The zero-order valence-electron chi connectivity index (χ0n) is 14.3. The number of rotatable bonds is 7. The fraction of sp³-hybridized carbons (Fsp3) is 0.167. The van der Waals surface area contributed by atoms with Crippen LogP contribution in [0.25, 0.3) is 0 Å². The van der Waals surface area contributed by atoms with Crippen molar-refractivity contribution >= 4 is 46.7 Å². The molecule has 0 radical (unpaired) electrons. The molecule has 2 rings (SSSR count). The summed E-state index contributed by atoms with van der Waals surface area (Å²) < 4.78 is 9.89. The summed E-state index contributed by atoms with van der Waals surface area (Å²) in [6, 6.07) is 11.1. The molecule has 142 valence electrons. The standard InChI is InChI=1S/C18H16Cl2N2O5/c1-26-15-5-3-2-4-12(15)18(25)21-9-17(24)27-10-16(23)22-11-6-7-13(19)14(20)8-11/h2-8H,9-10H2,1H3,(H,21,25)(H,22,23). The summed E-state index contributed by atoms with van der Waals surface area (Å²) in [5.74, 6) is -1.44. The minimum Gasteiger partial charge on any atom is -0.496 e. The number of halogens is 2. The maximum atomic E-state index is 12.1. The number of anilines is 1. The number of para-hydroxylation sites is 1. The number of nitrogens with one attached hydrogen (secondary N) is 2. The third kappa shape index (κ3) is 6.16. The van der Waals surface area contributed by atoms with Crippen LogP contribution < -0.4 is 15.4 Å². The van der Waals surface area contributed by atoms with Crippen molar-refractivity contribution in [2.45, 2.75) is 0 Å². The van der Waals surface area contributed by atoms with Crippen molar-refractivity contribution in [1.82, 2.24) is 5.32 Å². The van der Waals surface area contributed by atoms with Gasteiger partial charge >= 0.3 is 5.97 Å². The molecule has 0 unspecified atom stereocenters. The Labute approximate surface area is 165 Å². The second kappa shape index (κ2) is 9.80. The average molecular weight is 411 g/mol. The Morgan fingerprint density at radius 1 is 1.04 bits per heavy atom. The molecule has 9 heteroatoms. The molecule has 0 atom stereocenters. The topological polar surface area (TPSA) is 93.7 Å². The van der Waals surface area contributed by atoms with Crippen LogP contribution in [0.4, 0.5) is 5.69 Å². The zero-order valence-corrected chi connectivity index (χ0v) is 15.8. The lowest BCUT2D eigenvalue weighted by molar-refractivity contribution is -0.146. The molecule has 2 N–H and O–H groups in total. The van der Waals surface area contributed by atoms with Gasteiger partial charge in [-0.05, 0) is 30.3 Å². The summed E-state index contributed by atoms with van der Waals surface area (Å²) in [5, 5.41) is 5.55. The highest BCUT2D eigenvalue weighted by Crippen LogP contribution is 2.24. The second-order valence-electron chi connectivity index (χ2n) is 5.22. The number of ether oxygens (including phenoxy) is 2. The van der Waals surface area contributed by atoms with Crippen LogP contribution in [0.2, 0.25) is 10.0 Å². The predicted octanol–water partition coefficient (Wildman–Crippen LogP) is 2.91. The van der Waals surface area contributed by atoms with Crippen LogP contribution in [0.1, 0.15) is 10.4 Å². The van der Waals surface area contributed by atoms with Crippen LogP contribution in [0.5, 0.6) is 5.75 Å². The van der Waals surface area contributed by atoms with Crippen molar-refractivity contribution in [3.8, 4) is 5.75 Å². The average Bonchev–Trinajstić information content (AvgIpc) is 2.67. The van der Waals surface area contributed by atoms with Gasteiger partial charge in [0.25, 0.3) is 11.8 Å². The number of benzene rings is 2. The van der Waals surface area contributed by atoms with Crippen LogP contribution >= 0.6 is 23.2 Å². The Bertz CT molecular complexity index is 857. The fourth-order valence-electron chi connectivity index (χ4n) is 2.05. The van der Waals surface area contributed by atoms with E-state index in [2.05, 4.69) is 10.6 Å². The first-order valence-corrected chi connectivity index (χ1v) is 8.48. The molecule has 0 aliphatic rings. The largest absolute Gasteiger partial charge is 0.496 e. The lowest BCUT2D eigenvalue weighted by Crippen LogP contribution is -2.32. The fourth-order valence-corrected chi connectivity index (χ4v) is 2.35. The van der Waals surface area contributed by atoms with Crippen LogP contribution in [0, 0.1) is 0 Å². The molecule has 0 saturated carbocycles. The molecule has 0 fully saturated rings. The molecule has 0 saturated heterocycles. The molecule has 2 amide bonds. The summed E-state index contributed by atoms with van der Waals surface area (Å²) in [5.41, 5.74) is 0.695. The van der Waals surface area contributed by atoms with Crippen LogP contribution in [-0.2, 0) is 14.3 Å². The van der Waals surface area contributed by atoms with Gasteiger partial charge in [0.2, 0.25) is 0 Å². The molecule has 0 aromatic heterocycles. The molecule has 0 bridgehead atoms. The number of esters is 1. The third-order valence-electron chi connectivity index (χ3n) is 3.31. The van der Waals surface area contributed by atoms with Gasteiger partial charge in [0.05, 0.1) is 22.7 Å². The Morgan fingerprint density at radius 2 is 1.78 bits per heavy atom. The van der Waals surface area contributed by atoms with E-state index in [-0.39, 0.29) is 10.6 Å². The third-order valence-corrected chi connectivity index (χ3v) is 4.05. The summed E-state index contributed by atoms with van der Waals surface area (Å²) in [6.45, 7) is -0.902. The van der Waals surface area contributed by atoms with E-state index >= 15 is 0 Å². The maximum Gasteiger partial charge on any atom is 0.325 e.